The quantitative estimate of drug-likeness (QED) is 0.854. The van der Waals surface area contributed by atoms with Gasteiger partial charge in [-0.25, -0.2) is 9.87 Å². The van der Waals surface area contributed by atoms with Crippen molar-refractivity contribution in [3.8, 4) is 0 Å². The zero-order valence-corrected chi connectivity index (χ0v) is 10.7. The lowest BCUT2D eigenvalue weighted by atomic mass is 10.1. The molecule has 0 bridgehead atoms. The van der Waals surface area contributed by atoms with E-state index in [-0.39, 0.29) is 24.0 Å². The summed E-state index contributed by atoms with van der Waals surface area (Å²) in [4.78, 5) is 16.7. The Morgan fingerprint density at radius 3 is 2.83 bits per heavy atom. The monoisotopic (exact) mass is 271 g/mol. The standard InChI is InChI=1S/C13H15ClFNO2/c14-11-6-3-7-12(15)10(11)8-18-16-13(17)9-4-1-2-5-9/h3,6-7,9H,1-2,4-5,8H2,(H,16,17). The van der Waals surface area contributed by atoms with Gasteiger partial charge >= 0.3 is 0 Å². The zero-order valence-electron chi connectivity index (χ0n) is 9.92. The normalized spacial score (nSPS) is 15.9. The highest BCUT2D eigenvalue weighted by molar-refractivity contribution is 6.31. The summed E-state index contributed by atoms with van der Waals surface area (Å²) in [6, 6.07) is 4.42. The molecule has 2 rings (SSSR count). The molecule has 1 aromatic carbocycles. The third-order valence-electron chi connectivity index (χ3n) is 3.18. The summed E-state index contributed by atoms with van der Waals surface area (Å²) in [7, 11) is 0. The predicted molar refractivity (Wildman–Crippen MR) is 66.3 cm³/mol. The Morgan fingerprint density at radius 2 is 2.17 bits per heavy atom. The molecule has 1 N–H and O–H groups in total. The van der Waals surface area contributed by atoms with Gasteiger partial charge in [-0.05, 0) is 25.0 Å². The topological polar surface area (TPSA) is 38.3 Å². The molecular weight excluding hydrogens is 257 g/mol. The summed E-state index contributed by atoms with van der Waals surface area (Å²) in [6.45, 7) is -0.0655. The molecule has 0 saturated heterocycles. The SMILES string of the molecule is O=C(NOCc1c(F)cccc1Cl)C1CCCC1. The van der Waals surface area contributed by atoms with E-state index in [2.05, 4.69) is 5.48 Å². The average Bonchev–Trinajstić information content (AvgIpc) is 2.86. The number of hydrogen-bond acceptors (Lipinski definition) is 2. The highest BCUT2D eigenvalue weighted by Crippen LogP contribution is 2.25. The second-order valence-electron chi connectivity index (χ2n) is 4.44. The molecule has 0 aromatic heterocycles. The van der Waals surface area contributed by atoms with Crippen molar-refractivity contribution in [2.75, 3.05) is 0 Å². The Bertz CT molecular complexity index is 413. The number of carbonyl (C=O) groups is 1. The molecule has 1 aliphatic carbocycles. The first-order chi connectivity index (χ1) is 8.68. The van der Waals surface area contributed by atoms with Crippen LogP contribution in [0.1, 0.15) is 31.2 Å². The third kappa shape index (κ3) is 3.21. The molecule has 0 unspecified atom stereocenters. The van der Waals surface area contributed by atoms with Crippen molar-refractivity contribution in [3.05, 3.63) is 34.6 Å². The number of amides is 1. The lowest BCUT2D eigenvalue weighted by Crippen LogP contribution is -2.29. The van der Waals surface area contributed by atoms with Crippen LogP contribution in [-0.2, 0) is 16.2 Å². The van der Waals surface area contributed by atoms with Crippen molar-refractivity contribution < 1.29 is 14.0 Å². The Balaban J connectivity index is 1.83. The van der Waals surface area contributed by atoms with Crippen molar-refractivity contribution in [3.63, 3.8) is 0 Å². The Morgan fingerprint density at radius 1 is 1.44 bits per heavy atom. The Labute approximate surface area is 110 Å². The van der Waals surface area contributed by atoms with Crippen LogP contribution in [-0.4, -0.2) is 5.91 Å². The minimum absolute atomic E-state index is 0.0288. The van der Waals surface area contributed by atoms with E-state index in [9.17, 15) is 9.18 Å². The number of benzene rings is 1. The predicted octanol–water partition coefficient (Wildman–Crippen LogP) is 3.22. The van der Waals surface area contributed by atoms with Crippen molar-refractivity contribution in [2.24, 2.45) is 5.92 Å². The molecule has 0 heterocycles. The number of halogens is 2. The van der Waals surface area contributed by atoms with Crippen molar-refractivity contribution in [1.82, 2.24) is 5.48 Å². The average molecular weight is 272 g/mol. The maximum Gasteiger partial charge on any atom is 0.246 e. The number of hydroxylamine groups is 1. The van der Waals surface area contributed by atoms with Crippen LogP contribution in [0.2, 0.25) is 5.02 Å². The van der Waals surface area contributed by atoms with Crippen LogP contribution in [0.15, 0.2) is 18.2 Å². The first kappa shape index (κ1) is 13.3. The van der Waals surface area contributed by atoms with Crippen LogP contribution in [0, 0.1) is 11.7 Å². The van der Waals surface area contributed by atoms with Crippen LogP contribution in [0.3, 0.4) is 0 Å². The maximum atomic E-state index is 13.4. The number of hydrogen-bond donors (Lipinski definition) is 1. The maximum absolute atomic E-state index is 13.4. The van der Waals surface area contributed by atoms with E-state index < -0.39 is 5.82 Å². The fourth-order valence-electron chi connectivity index (χ4n) is 2.12. The molecule has 5 heteroatoms. The molecule has 1 fully saturated rings. The van der Waals surface area contributed by atoms with Gasteiger partial charge in [0, 0.05) is 16.5 Å². The van der Waals surface area contributed by atoms with Gasteiger partial charge in [-0.15, -0.1) is 0 Å². The van der Waals surface area contributed by atoms with E-state index in [1.807, 2.05) is 0 Å². The van der Waals surface area contributed by atoms with E-state index in [0.29, 0.717) is 5.02 Å². The molecule has 0 spiro atoms. The summed E-state index contributed by atoms with van der Waals surface area (Å²) >= 11 is 5.84. The molecule has 0 atom stereocenters. The van der Waals surface area contributed by atoms with Gasteiger partial charge in [-0.2, -0.15) is 0 Å². The van der Waals surface area contributed by atoms with E-state index in [1.165, 1.54) is 12.1 Å². The fraction of sp³-hybridized carbons (Fsp3) is 0.462. The molecule has 1 saturated carbocycles. The van der Waals surface area contributed by atoms with Crippen LogP contribution < -0.4 is 5.48 Å². The molecule has 0 aliphatic heterocycles. The molecule has 1 amide bonds. The summed E-state index contributed by atoms with van der Waals surface area (Å²) in [5.74, 6) is -0.529. The van der Waals surface area contributed by atoms with Gasteiger partial charge < -0.3 is 0 Å². The van der Waals surface area contributed by atoms with E-state index in [0.717, 1.165) is 25.7 Å². The van der Waals surface area contributed by atoms with Crippen molar-refractivity contribution in [2.45, 2.75) is 32.3 Å². The summed E-state index contributed by atoms with van der Waals surface area (Å²) in [6.07, 6.45) is 3.96. The lowest BCUT2D eigenvalue weighted by molar-refractivity contribution is -0.138. The minimum atomic E-state index is -0.433. The van der Waals surface area contributed by atoms with Crippen molar-refractivity contribution in [1.29, 1.82) is 0 Å². The largest absolute Gasteiger partial charge is 0.273 e. The van der Waals surface area contributed by atoms with Crippen LogP contribution in [0.4, 0.5) is 4.39 Å². The molecule has 3 nitrogen and oxygen atoms in total. The van der Waals surface area contributed by atoms with Gasteiger partial charge in [0.2, 0.25) is 5.91 Å². The first-order valence-corrected chi connectivity index (χ1v) is 6.41. The first-order valence-electron chi connectivity index (χ1n) is 6.03. The molecule has 0 radical (unpaired) electrons. The minimum Gasteiger partial charge on any atom is -0.273 e. The van der Waals surface area contributed by atoms with Gasteiger partial charge in [0.05, 0.1) is 0 Å². The number of carbonyl (C=O) groups excluding carboxylic acids is 1. The molecule has 1 aromatic rings. The summed E-state index contributed by atoms with van der Waals surface area (Å²) in [5, 5.41) is 0.296. The van der Waals surface area contributed by atoms with E-state index >= 15 is 0 Å². The van der Waals surface area contributed by atoms with Gasteiger partial charge in [-0.3, -0.25) is 9.63 Å². The highest BCUT2D eigenvalue weighted by Gasteiger charge is 2.22. The number of nitrogens with one attached hydrogen (secondary N) is 1. The van der Waals surface area contributed by atoms with E-state index in [1.54, 1.807) is 6.07 Å². The van der Waals surface area contributed by atoms with Crippen LogP contribution >= 0.6 is 11.6 Å². The van der Waals surface area contributed by atoms with Crippen LogP contribution in [0.25, 0.3) is 0 Å². The summed E-state index contributed by atoms with van der Waals surface area (Å²) < 4.78 is 13.4. The molecular formula is C13H15ClFNO2. The molecule has 1 aliphatic rings. The Hall–Kier alpha value is -1.13. The molecule has 98 valence electrons. The van der Waals surface area contributed by atoms with Gasteiger partial charge in [0.1, 0.15) is 12.4 Å². The highest BCUT2D eigenvalue weighted by atomic mass is 35.5. The second kappa shape index (κ2) is 6.16. The van der Waals surface area contributed by atoms with E-state index in [4.69, 9.17) is 16.4 Å². The smallest absolute Gasteiger partial charge is 0.246 e. The van der Waals surface area contributed by atoms with Gasteiger partial charge in [-0.1, -0.05) is 30.5 Å². The number of rotatable bonds is 4. The van der Waals surface area contributed by atoms with Crippen LogP contribution in [0.5, 0.6) is 0 Å². The summed E-state index contributed by atoms with van der Waals surface area (Å²) in [5.41, 5.74) is 2.62. The molecule has 18 heavy (non-hydrogen) atoms. The van der Waals surface area contributed by atoms with Gasteiger partial charge in [0.25, 0.3) is 0 Å². The Kier molecular flexibility index (Phi) is 4.55. The zero-order chi connectivity index (χ0) is 13.0. The second-order valence-corrected chi connectivity index (χ2v) is 4.84. The fourth-order valence-corrected chi connectivity index (χ4v) is 2.34. The third-order valence-corrected chi connectivity index (χ3v) is 3.53. The van der Waals surface area contributed by atoms with Gasteiger partial charge in [0.15, 0.2) is 0 Å². The van der Waals surface area contributed by atoms with Crippen molar-refractivity contribution >= 4 is 17.5 Å². The lowest BCUT2D eigenvalue weighted by Gasteiger charge is -2.11.